The van der Waals surface area contributed by atoms with Gasteiger partial charge in [0, 0.05) is 24.8 Å². The van der Waals surface area contributed by atoms with E-state index in [0.717, 1.165) is 11.1 Å². The van der Waals surface area contributed by atoms with E-state index in [-0.39, 0.29) is 6.54 Å². The Hall–Kier alpha value is -1.19. The smallest absolute Gasteiger partial charge is 0.250 e. The number of alkyl halides is 5. The van der Waals surface area contributed by atoms with Crippen molar-refractivity contribution in [2.75, 3.05) is 13.1 Å². The fraction of sp³-hybridized carbons (Fsp3) is 0.375. The highest BCUT2D eigenvalue weighted by molar-refractivity contribution is 6.29. The van der Waals surface area contributed by atoms with E-state index in [1.165, 1.54) is 0 Å². The molecule has 0 amide bonds. The summed E-state index contributed by atoms with van der Waals surface area (Å²) in [5.74, 6) is 0.490. The summed E-state index contributed by atoms with van der Waals surface area (Å²) in [5.41, 5.74) is 6.25. The lowest BCUT2D eigenvalue weighted by Crippen LogP contribution is -2.20. The summed E-state index contributed by atoms with van der Waals surface area (Å²) in [5, 5.41) is 3.49. The molecule has 0 spiro atoms. The largest absolute Gasteiger partial charge is 0.325 e. The Labute approximate surface area is 170 Å². The number of halogens is 7. The van der Waals surface area contributed by atoms with E-state index in [4.69, 9.17) is 34.8 Å². The molecule has 2 aromatic rings. The van der Waals surface area contributed by atoms with E-state index in [0.29, 0.717) is 22.7 Å². The van der Waals surface area contributed by atoms with Crippen LogP contribution in [0.2, 0.25) is 10.3 Å². The van der Waals surface area contributed by atoms with E-state index in [9.17, 15) is 17.6 Å². The van der Waals surface area contributed by atoms with Crippen LogP contribution in [0.4, 0.5) is 17.6 Å². The van der Waals surface area contributed by atoms with Gasteiger partial charge in [-0.2, -0.15) is 0 Å². The van der Waals surface area contributed by atoms with Gasteiger partial charge in [0.15, 0.2) is 0 Å². The molecule has 0 aromatic carbocycles. The van der Waals surface area contributed by atoms with Crippen LogP contribution in [0.1, 0.15) is 11.1 Å². The number of hydrogen-bond acceptors (Lipinski definition) is 4. The van der Waals surface area contributed by atoms with E-state index in [1.54, 1.807) is 30.6 Å². The molecule has 2 aromatic heterocycles. The van der Waals surface area contributed by atoms with Gasteiger partial charge in [-0.1, -0.05) is 35.3 Å². The van der Waals surface area contributed by atoms with E-state index in [1.807, 2.05) is 6.07 Å². The summed E-state index contributed by atoms with van der Waals surface area (Å²) >= 11 is 16.6. The second kappa shape index (κ2) is 15.8. The third-order valence-electron chi connectivity index (χ3n) is 2.54. The third kappa shape index (κ3) is 15.6. The van der Waals surface area contributed by atoms with Crippen LogP contribution in [-0.4, -0.2) is 35.9 Å². The van der Waals surface area contributed by atoms with Gasteiger partial charge in [-0.15, -0.1) is 11.6 Å². The number of hydrogen-bond donors (Lipinski definition) is 2. The van der Waals surface area contributed by atoms with E-state index < -0.39 is 19.4 Å². The maximum atomic E-state index is 11.7. The van der Waals surface area contributed by atoms with Gasteiger partial charge in [0.05, 0.1) is 13.1 Å². The van der Waals surface area contributed by atoms with Crippen molar-refractivity contribution in [2.45, 2.75) is 25.3 Å². The number of pyridine rings is 2. The average molecular weight is 450 g/mol. The molecule has 0 saturated heterocycles. The molecule has 0 aliphatic heterocycles. The minimum atomic E-state index is -2.34. The van der Waals surface area contributed by atoms with Crippen LogP contribution in [0.25, 0.3) is 0 Å². The lowest BCUT2D eigenvalue weighted by Gasteiger charge is -2.03. The van der Waals surface area contributed by atoms with Crippen LogP contribution >= 0.6 is 34.8 Å². The predicted molar refractivity (Wildman–Crippen MR) is 101 cm³/mol. The molecule has 2 heterocycles. The van der Waals surface area contributed by atoms with Crippen molar-refractivity contribution in [3.05, 3.63) is 58.1 Å². The molecule has 0 aliphatic carbocycles. The standard InChI is InChI=1S/C8H9ClF2N2.C6H5Cl2N.C2H5F2N/c9-7-2-1-6(4-13-7)3-12-5-8(10)11;7-3-5-1-2-6(8)9-4-5;3-2(4)1-5/h1-2,4,8,12H,3,5H2;1-2,4H,3H2;2H,1,5H2. The highest BCUT2D eigenvalue weighted by Gasteiger charge is 2.00. The van der Waals surface area contributed by atoms with Crippen LogP contribution in [0.3, 0.4) is 0 Å². The van der Waals surface area contributed by atoms with Crippen molar-refractivity contribution >= 4 is 34.8 Å². The van der Waals surface area contributed by atoms with Crippen LogP contribution in [0.15, 0.2) is 36.7 Å². The van der Waals surface area contributed by atoms with Gasteiger partial charge >= 0.3 is 0 Å². The first-order valence-electron chi connectivity index (χ1n) is 7.52. The maximum absolute atomic E-state index is 11.7. The average Bonchev–Trinajstić information content (AvgIpc) is 2.65. The highest BCUT2D eigenvalue weighted by Crippen LogP contribution is 2.06. The first-order valence-corrected chi connectivity index (χ1v) is 8.81. The molecular weight excluding hydrogens is 431 g/mol. The topological polar surface area (TPSA) is 63.8 Å². The van der Waals surface area contributed by atoms with Crippen molar-refractivity contribution < 1.29 is 17.6 Å². The number of nitrogens with two attached hydrogens (primary N) is 1. The Kier molecular flexibility index (Phi) is 15.1. The first-order chi connectivity index (χ1) is 12.8. The number of nitrogens with one attached hydrogen (secondary N) is 1. The Bertz CT molecular complexity index is 602. The molecule has 11 heteroatoms. The molecule has 0 radical (unpaired) electrons. The minimum Gasteiger partial charge on any atom is -0.325 e. The second-order valence-corrected chi connectivity index (χ2v) is 5.80. The van der Waals surface area contributed by atoms with Crippen molar-refractivity contribution in [3.8, 4) is 0 Å². The van der Waals surface area contributed by atoms with Crippen molar-refractivity contribution in [1.82, 2.24) is 15.3 Å². The molecule has 0 saturated carbocycles. The predicted octanol–water partition coefficient (Wildman–Crippen LogP) is 4.77. The van der Waals surface area contributed by atoms with E-state index in [2.05, 4.69) is 21.0 Å². The SMILES string of the molecule is ClCc1ccc(Cl)nc1.FC(F)CNCc1ccc(Cl)nc1.NCC(F)F. The highest BCUT2D eigenvalue weighted by atomic mass is 35.5. The molecular formula is C16H19Cl3F4N4. The first kappa shape index (κ1) is 25.8. The summed E-state index contributed by atoms with van der Waals surface area (Å²) in [6, 6.07) is 6.94. The van der Waals surface area contributed by atoms with Crippen LogP contribution in [-0.2, 0) is 12.4 Å². The molecule has 152 valence electrons. The number of aromatic nitrogens is 2. The molecule has 27 heavy (non-hydrogen) atoms. The number of nitrogens with zero attached hydrogens (tertiary/aromatic N) is 2. The van der Waals surface area contributed by atoms with E-state index >= 15 is 0 Å². The molecule has 0 bridgehead atoms. The van der Waals surface area contributed by atoms with Gasteiger partial charge < -0.3 is 11.1 Å². The Morgan fingerprint density at radius 2 is 1.37 bits per heavy atom. The summed E-state index contributed by atoms with van der Waals surface area (Å²) < 4.78 is 44.7. The molecule has 0 fully saturated rings. The Balaban J connectivity index is 0.000000419. The molecule has 3 N–H and O–H groups in total. The van der Waals surface area contributed by atoms with Crippen molar-refractivity contribution in [1.29, 1.82) is 0 Å². The second-order valence-electron chi connectivity index (χ2n) is 4.76. The van der Waals surface area contributed by atoms with Crippen molar-refractivity contribution in [3.63, 3.8) is 0 Å². The van der Waals surface area contributed by atoms with Gasteiger partial charge in [0.1, 0.15) is 10.3 Å². The van der Waals surface area contributed by atoms with Crippen molar-refractivity contribution in [2.24, 2.45) is 5.73 Å². The minimum absolute atomic E-state index is 0.303. The fourth-order valence-corrected chi connectivity index (χ4v) is 1.70. The summed E-state index contributed by atoms with van der Waals surface area (Å²) in [6.07, 6.45) is -1.44. The quantitative estimate of drug-likeness (QED) is 0.379. The summed E-state index contributed by atoms with van der Waals surface area (Å²) in [4.78, 5) is 7.65. The zero-order valence-electron chi connectivity index (χ0n) is 14.1. The lowest BCUT2D eigenvalue weighted by molar-refractivity contribution is 0.145. The van der Waals surface area contributed by atoms with Gasteiger partial charge in [-0.05, 0) is 23.3 Å². The Morgan fingerprint density at radius 3 is 1.70 bits per heavy atom. The number of rotatable bonds is 6. The summed E-state index contributed by atoms with van der Waals surface area (Å²) in [7, 11) is 0. The van der Waals surface area contributed by atoms with Gasteiger partial charge in [-0.3, -0.25) is 0 Å². The Morgan fingerprint density at radius 1 is 0.889 bits per heavy atom. The maximum Gasteiger partial charge on any atom is 0.250 e. The third-order valence-corrected chi connectivity index (χ3v) is 3.29. The molecule has 0 unspecified atom stereocenters. The van der Waals surface area contributed by atoms with Gasteiger partial charge in [0.2, 0.25) is 0 Å². The normalized spacial score (nSPS) is 10.1. The van der Waals surface area contributed by atoms with Gasteiger partial charge in [-0.25, -0.2) is 27.5 Å². The zero-order valence-corrected chi connectivity index (χ0v) is 16.3. The molecule has 0 aliphatic rings. The summed E-state index contributed by atoms with van der Waals surface area (Å²) in [6.45, 7) is -0.447. The lowest BCUT2D eigenvalue weighted by atomic mass is 10.3. The molecule has 2 rings (SSSR count). The monoisotopic (exact) mass is 448 g/mol. The fourth-order valence-electron chi connectivity index (χ4n) is 1.32. The van der Waals surface area contributed by atoms with Crippen LogP contribution < -0.4 is 11.1 Å². The van der Waals surface area contributed by atoms with Crippen LogP contribution in [0, 0.1) is 0 Å². The van der Waals surface area contributed by atoms with Gasteiger partial charge in [0.25, 0.3) is 12.9 Å². The van der Waals surface area contributed by atoms with Crippen LogP contribution in [0.5, 0.6) is 0 Å². The molecule has 4 nitrogen and oxygen atoms in total. The zero-order chi connectivity index (χ0) is 20.7. The molecule has 0 atom stereocenters.